The molecule has 2 N–H and O–H groups in total. The van der Waals surface area contributed by atoms with Crippen LogP contribution in [0.4, 0.5) is 4.79 Å². The van der Waals surface area contributed by atoms with E-state index in [-0.39, 0.29) is 42.0 Å². The van der Waals surface area contributed by atoms with Gasteiger partial charge in [0.05, 0.1) is 36.4 Å². The first-order valence-electron chi connectivity index (χ1n) is 14.9. The second kappa shape index (κ2) is 18.7. The Labute approximate surface area is 299 Å². The number of hydrogen-bond acceptors (Lipinski definition) is 14. The topological polar surface area (TPSA) is 203 Å². The van der Waals surface area contributed by atoms with Crippen molar-refractivity contribution < 1.29 is 51.8 Å². The van der Waals surface area contributed by atoms with E-state index in [9.17, 15) is 28.8 Å². The van der Waals surface area contributed by atoms with Crippen LogP contribution in [-0.2, 0) is 46.4 Å². The number of carbonyl (C=O) groups is 5. The van der Waals surface area contributed by atoms with Crippen LogP contribution in [0.3, 0.4) is 0 Å². The molecule has 1 aromatic carbocycles. The van der Waals surface area contributed by atoms with Crippen molar-refractivity contribution in [3.63, 3.8) is 0 Å². The highest BCUT2D eigenvalue weighted by Crippen LogP contribution is 2.22. The van der Waals surface area contributed by atoms with Gasteiger partial charge in [0.25, 0.3) is 5.91 Å². The Morgan fingerprint density at radius 2 is 1.69 bits per heavy atom. The van der Waals surface area contributed by atoms with Crippen molar-refractivity contribution in [3.8, 4) is 0 Å². The number of methoxy groups -OCH3 is 2. The predicted octanol–water partition coefficient (Wildman–Crippen LogP) is 3.12. The number of thiazole rings is 1. The Kier molecular flexibility index (Phi) is 15.1. The van der Waals surface area contributed by atoms with Crippen molar-refractivity contribution in [2.45, 2.75) is 57.9 Å². The van der Waals surface area contributed by atoms with E-state index in [4.69, 9.17) is 27.8 Å². The summed E-state index contributed by atoms with van der Waals surface area (Å²) in [5.74, 6) is -4.25. The van der Waals surface area contributed by atoms with Gasteiger partial charge in [-0.25, -0.2) is 14.6 Å². The smallest absolute Gasteiger partial charge is 0.426 e. The average molecular weight is 816 g/mol. The molecule has 3 rings (SSSR count). The molecule has 0 aliphatic heterocycles. The molecule has 0 saturated heterocycles. The molecule has 0 radical (unpaired) electrons. The van der Waals surface area contributed by atoms with Crippen LogP contribution in [0.15, 0.2) is 50.2 Å². The predicted molar refractivity (Wildman–Crippen MR) is 183 cm³/mol. The Hall–Kier alpha value is -3.94. The number of aromatic nitrogens is 1. The lowest BCUT2D eigenvalue weighted by Crippen LogP contribution is -2.56. The molecule has 2 amide bonds. The first-order chi connectivity index (χ1) is 23.3. The van der Waals surface area contributed by atoms with Crippen LogP contribution < -0.4 is 16.5 Å². The second-order valence-electron chi connectivity index (χ2n) is 11.1. The summed E-state index contributed by atoms with van der Waals surface area (Å²) in [5.41, 5.74) is -1.07. The van der Waals surface area contributed by atoms with Gasteiger partial charge in [-0.1, -0.05) is 52.9 Å². The minimum absolute atomic E-state index is 0.0165. The summed E-state index contributed by atoms with van der Waals surface area (Å²) in [6.07, 6.45) is -0.137. The molecule has 4 atom stereocenters. The molecule has 0 unspecified atom stereocenters. The maximum Gasteiger partial charge on any atom is 0.519 e. The van der Waals surface area contributed by atoms with Crippen molar-refractivity contribution in [1.29, 1.82) is 0 Å². The van der Waals surface area contributed by atoms with Gasteiger partial charge in [0, 0.05) is 25.1 Å². The van der Waals surface area contributed by atoms with Gasteiger partial charge in [-0.2, -0.15) is 0 Å². The van der Waals surface area contributed by atoms with Gasteiger partial charge in [0.2, 0.25) is 5.91 Å². The second-order valence-corrected chi connectivity index (χ2v) is 13.1. The molecule has 49 heavy (non-hydrogen) atoms. The fraction of sp³-hybridized carbons (Fsp3) is 0.469. The number of hydrogen-bond donors (Lipinski definition) is 2. The van der Waals surface area contributed by atoms with Gasteiger partial charge in [-0.05, 0) is 32.8 Å². The van der Waals surface area contributed by atoms with Gasteiger partial charge in [-0.3, -0.25) is 19.2 Å². The molecule has 3 aromatic rings. The standard InChI is InChI=1S/C32H38IN3O12S/c1-18-25(47-31(42)46-18)16-45-30(41)48-32(3,17-33)27(38)22(11-20-9-7-6-8-10-20)35-28(39)21(14-43-4)12-24(37)23(15-44-5)36-29(40)26-13-34-19(2)49-26/h6-10,13,21-23H,11-12,14-17H2,1-5H3,(H,35,39)(H,36,40)/t21-,22-,23-,32+/m0/s1. The lowest BCUT2D eigenvalue weighted by molar-refractivity contribution is -0.142. The molecule has 2 aromatic heterocycles. The third kappa shape index (κ3) is 11.6. The zero-order chi connectivity index (χ0) is 36.1. The van der Waals surface area contributed by atoms with Crippen molar-refractivity contribution >= 4 is 63.5 Å². The number of alkyl halides is 1. The summed E-state index contributed by atoms with van der Waals surface area (Å²) >= 11 is 3.04. The van der Waals surface area contributed by atoms with Crippen LogP contribution in [-0.4, -0.2) is 84.1 Å². The van der Waals surface area contributed by atoms with E-state index in [1.165, 1.54) is 34.3 Å². The molecule has 0 bridgehead atoms. The Balaban J connectivity index is 1.78. The van der Waals surface area contributed by atoms with E-state index in [0.29, 0.717) is 15.4 Å². The molecule has 17 heteroatoms. The molecule has 0 fully saturated rings. The molecule has 15 nitrogen and oxygen atoms in total. The molecular formula is C32H38IN3O12S. The third-order valence-corrected chi connectivity index (χ3v) is 9.58. The van der Waals surface area contributed by atoms with Crippen LogP contribution in [0.1, 0.15) is 45.1 Å². The summed E-state index contributed by atoms with van der Waals surface area (Å²) in [5, 5.41) is 6.05. The van der Waals surface area contributed by atoms with Crippen LogP contribution in [0.5, 0.6) is 0 Å². The highest BCUT2D eigenvalue weighted by molar-refractivity contribution is 14.1. The van der Waals surface area contributed by atoms with E-state index in [2.05, 4.69) is 15.6 Å². The van der Waals surface area contributed by atoms with Gasteiger partial charge in [0.1, 0.15) is 10.9 Å². The number of rotatable bonds is 19. The number of benzene rings is 1. The summed E-state index contributed by atoms with van der Waals surface area (Å²) in [7, 11) is 2.74. The Morgan fingerprint density at radius 1 is 1.00 bits per heavy atom. The monoisotopic (exact) mass is 815 g/mol. The number of nitrogens with one attached hydrogen (secondary N) is 2. The molecule has 0 saturated carbocycles. The molecule has 0 aliphatic rings. The van der Waals surface area contributed by atoms with E-state index < -0.39 is 65.6 Å². The fourth-order valence-electron chi connectivity index (χ4n) is 4.60. The van der Waals surface area contributed by atoms with Crippen LogP contribution in [0, 0.1) is 19.8 Å². The average Bonchev–Trinajstić information content (AvgIpc) is 3.66. The van der Waals surface area contributed by atoms with E-state index in [1.54, 1.807) is 37.3 Å². The minimum Gasteiger partial charge on any atom is -0.426 e. The van der Waals surface area contributed by atoms with Gasteiger partial charge in [0.15, 0.2) is 35.3 Å². The number of halogens is 1. The van der Waals surface area contributed by atoms with Gasteiger partial charge < -0.3 is 38.4 Å². The van der Waals surface area contributed by atoms with Crippen molar-refractivity contribution in [1.82, 2.24) is 15.6 Å². The highest BCUT2D eigenvalue weighted by Gasteiger charge is 2.43. The third-order valence-electron chi connectivity index (χ3n) is 7.22. The van der Waals surface area contributed by atoms with Crippen molar-refractivity contribution in [3.05, 3.63) is 74.1 Å². The van der Waals surface area contributed by atoms with Gasteiger partial charge in [-0.15, -0.1) is 11.3 Å². The van der Waals surface area contributed by atoms with Crippen LogP contribution >= 0.6 is 33.9 Å². The maximum atomic E-state index is 14.1. The number of nitrogens with zero attached hydrogens (tertiary/aromatic N) is 1. The number of carbonyl (C=O) groups excluding carboxylic acids is 5. The van der Waals surface area contributed by atoms with Crippen LogP contribution in [0.2, 0.25) is 0 Å². The summed E-state index contributed by atoms with van der Waals surface area (Å²) in [6.45, 7) is 3.78. The molecule has 266 valence electrons. The lowest BCUT2D eigenvalue weighted by Gasteiger charge is -2.31. The normalized spacial score (nSPS) is 14.2. The van der Waals surface area contributed by atoms with E-state index >= 15 is 0 Å². The van der Waals surface area contributed by atoms with E-state index in [0.717, 1.165) is 11.3 Å². The molecular weight excluding hydrogens is 777 g/mol. The summed E-state index contributed by atoms with van der Waals surface area (Å²) in [6, 6.07) is 6.58. The summed E-state index contributed by atoms with van der Waals surface area (Å²) < 4.78 is 30.5. The highest BCUT2D eigenvalue weighted by atomic mass is 127. The largest absolute Gasteiger partial charge is 0.519 e. The first kappa shape index (κ1) is 39.5. The zero-order valence-corrected chi connectivity index (χ0v) is 30.5. The van der Waals surface area contributed by atoms with E-state index in [1.807, 2.05) is 22.6 Å². The fourth-order valence-corrected chi connectivity index (χ4v) is 5.81. The number of ketones is 2. The number of aryl methyl sites for hydroxylation is 2. The maximum absolute atomic E-state index is 14.1. The number of ether oxygens (including phenoxy) is 4. The Morgan fingerprint density at radius 3 is 2.27 bits per heavy atom. The number of Topliss-reactive ketones (excluding diaryl/α,β-unsaturated/α-hetero) is 2. The quantitative estimate of drug-likeness (QED) is 0.102. The summed E-state index contributed by atoms with van der Waals surface area (Å²) in [4.78, 5) is 82.3. The van der Waals surface area contributed by atoms with Crippen molar-refractivity contribution in [2.75, 3.05) is 31.9 Å². The molecule has 2 heterocycles. The number of amides is 2. The van der Waals surface area contributed by atoms with Crippen LogP contribution in [0.25, 0.3) is 0 Å². The first-order valence-corrected chi connectivity index (χ1v) is 17.3. The zero-order valence-electron chi connectivity index (χ0n) is 27.6. The SMILES string of the molecule is COC[C@H](CC(=O)[C@H](COC)NC(=O)c1cnc(C)s1)C(=O)N[C@@H](Cc1ccccc1)C(=O)[C@@](C)(CI)OC(=O)OCc1oc(=O)oc1C. The lowest BCUT2D eigenvalue weighted by atomic mass is 9.91. The van der Waals surface area contributed by atoms with Gasteiger partial charge >= 0.3 is 12.0 Å². The molecule has 0 aliphatic carbocycles. The minimum atomic E-state index is -1.77. The molecule has 0 spiro atoms. The Bertz CT molecular complexity index is 1660. The van der Waals surface area contributed by atoms with Crippen molar-refractivity contribution in [2.24, 2.45) is 5.92 Å².